The molecule has 0 rings (SSSR count). The van der Waals surface area contributed by atoms with Gasteiger partial charge in [0, 0.05) is 0 Å². The fourth-order valence-corrected chi connectivity index (χ4v) is 1.79. The largest absolute Gasteiger partial charge is 0.252 e. The van der Waals surface area contributed by atoms with Crippen molar-refractivity contribution >= 4 is 28.9 Å². The van der Waals surface area contributed by atoms with Gasteiger partial charge < -0.3 is 0 Å². The van der Waals surface area contributed by atoms with Crippen LogP contribution in [0, 0.1) is 0 Å². The average molecular weight is 223 g/mol. The van der Waals surface area contributed by atoms with E-state index in [4.69, 9.17) is 22.2 Å². The normalized spacial score (nSPS) is 14.2. The summed E-state index contributed by atoms with van der Waals surface area (Å²) in [5.74, 6) is 0. The Morgan fingerprint density at radius 2 is 1.92 bits per heavy atom. The van der Waals surface area contributed by atoms with Gasteiger partial charge >= 0.3 is 0 Å². The van der Waals surface area contributed by atoms with Crippen molar-refractivity contribution in [1.82, 2.24) is 0 Å². The maximum Gasteiger partial charge on any atom is 0.252 e. The van der Waals surface area contributed by atoms with E-state index in [1.54, 1.807) is 0 Å². The molecule has 12 heavy (non-hydrogen) atoms. The summed E-state index contributed by atoms with van der Waals surface area (Å²) in [7, 11) is 0. The van der Waals surface area contributed by atoms with E-state index >= 15 is 0 Å². The van der Waals surface area contributed by atoms with Crippen molar-refractivity contribution in [2.75, 3.05) is 0 Å². The van der Waals surface area contributed by atoms with E-state index in [9.17, 15) is 0 Å². The molecule has 0 unspecified atom stereocenters. The van der Waals surface area contributed by atoms with E-state index in [1.807, 2.05) is 13.5 Å². The fraction of sp³-hybridized carbons (Fsp3) is 0.556. The van der Waals surface area contributed by atoms with Gasteiger partial charge in [0.25, 0.3) is 6.69 Å². The Bertz CT molecular complexity index is 177. The topological polar surface area (TPSA) is 0 Å². The second-order valence-electron chi connectivity index (χ2n) is 3.08. The average Bonchev–Trinajstić information content (AvgIpc) is 1.96. The Labute approximate surface area is 85.7 Å². The van der Waals surface area contributed by atoms with Gasteiger partial charge in [-0.1, -0.05) is 23.8 Å². The lowest BCUT2D eigenvalue weighted by Crippen LogP contribution is -2.09. The molecule has 0 nitrogen and oxygen atoms in total. The Morgan fingerprint density at radius 1 is 1.33 bits per heavy atom. The summed E-state index contributed by atoms with van der Waals surface area (Å²) in [5.41, 5.74) is 1.37. The molecule has 0 fully saturated rings. The standard InChI is InChI=1S/C9H16Cl2Si/c1-4-9(2)7-5-6-8-12(3,10)11/h4-6H,7-8H2,1-3H3/b6-5-,9-4+. The molecule has 3 heteroatoms. The van der Waals surface area contributed by atoms with Gasteiger partial charge in [-0.3, -0.25) is 0 Å². The van der Waals surface area contributed by atoms with Crippen molar-refractivity contribution < 1.29 is 0 Å². The monoisotopic (exact) mass is 222 g/mol. The van der Waals surface area contributed by atoms with Crippen LogP contribution in [0.1, 0.15) is 20.3 Å². The molecule has 0 aromatic carbocycles. The maximum atomic E-state index is 5.92. The van der Waals surface area contributed by atoms with Gasteiger partial charge in [0.1, 0.15) is 0 Å². The van der Waals surface area contributed by atoms with E-state index in [2.05, 4.69) is 25.2 Å². The van der Waals surface area contributed by atoms with E-state index in [1.165, 1.54) is 5.57 Å². The van der Waals surface area contributed by atoms with Crippen LogP contribution in [-0.4, -0.2) is 6.69 Å². The smallest absolute Gasteiger partial charge is 0.146 e. The molecule has 0 saturated heterocycles. The van der Waals surface area contributed by atoms with Gasteiger partial charge in [-0.15, -0.1) is 22.2 Å². The quantitative estimate of drug-likeness (QED) is 0.375. The fourth-order valence-electron chi connectivity index (χ4n) is 0.677. The van der Waals surface area contributed by atoms with Crippen LogP contribution in [0.25, 0.3) is 0 Å². The highest BCUT2D eigenvalue weighted by Gasteiger charge is 2.17. The minimum Gasteiger partial charge on any atom is -0.146 e. The summed E-state index contributed by atoms with van der Waals surface area (Å²) >= 11 is 11.8. The molecule has 0 aromatic rings. The Hall–Kier alpha value is 0.277. The van der Waals surface area contributed by atoms with E-state index in [-0.39, 0.29) is 0 Å². The molecule has 0 heterocycles. The van der Waals surface area contributed by atoms with Crippen LogP contribution in [0.3, 0.4) is 0 Å². The molecule has 70 valence electrons. The third kappa shape index (κ3) is 8.37. The van der Waals surface area contributed by atoms with Gasteiger partial charge in [0.15, 0.2) is 0 Å². The third-order valence-electron chi connectivity index (χ3n) is 1.58. The van der Waals surface area contributed by atoms with Gasteiger partial charge in [0.2, 0.25) is 0 Å². The van der Waals surface area contributed by atoms with Gasteiger partial charge in [0.05, 0.1) is 0 Å². The highest BCUT2D eigenvalue weighted by molar-refractivity contribution is 7.45. The van der Waals surface area contributed by atoms with E-state index in [0.29, 0.717) is 0 Å². The zero-order chi connectivity index (χ0) is 9.61. The van der Waals surface area contributed by atoms with E-state index < -0.39 is 6.69 Å². The van der Waals surface area contributed by atoms with Crippen molar-refractivity contribution in [3.8, 4) is 0 Å². The predicted molar refractivity (Wildman–Crippen MR) is 61.3 cm³/mol. The van der Waals surface area contributed by atoms with Crippen LogP contribution in [0.5, 0.6) is 0 Å². The lowest BCUT2D eigenvalue weighted by atomic mass is 10.2. The molecular formula is C9H16Cl2Si. The lowest BCUT2D eigenvalue weighted by Gasteiger charge is -2.04. The lowest BCUT2D eigenvalue weighted by molar-refractivity contribution is 1.19. The zero-order valence-electron chi connectivity index (χ0n) is 7.90. The number of allylic oxidation sites excluding steroid dienone is 4. The summed E-state index contributed by atoms with van der Waals surface area (Å²) in [6.07, 6.45) is 7.34. The van der Waals surface area contributed by atoms with Crippen molar-refractivity contribution in [2.45, 2.75) is 32.9 Å². The van der Waals surface area contributed by atoms with Crippen LogP contribution in [0.2, 0.25) is 12.6 Å². The Kier molecular flexibility index (Phi) is 5.98. The highest BCUT2D eigenvalue weighted by atomic mass is 35.7. The first-order chi connectivity index (χ1) is 5.45. The van der Waals surface area contributed by atoms with E-state index in [0.717, 1.165) is 12.5 Å². The van der Waals surface area contributed by atoms with Crippen molar-refractivity contribution in [2.24, 2.45) is 0 Å². The molecule has 0 aromatic heterocycles. The summed E-state index contributed by atoms with van der Waals surface area (Å²) in [4.78, 5) is 0. The third-order valence-corrected chi connectivity index (χ3v) is 3.45. The summed E-state index contributed by atoms with van der Waals surface area (Å²) in [6.45, 7) is 4.19. The second-order valence-corrected chi connectivity index (χ2v) is 11.2. The molecule has 0 radical (unpaired) electrons. The predicted octanol–water partition coefficient (Wildman–Crippen LogP) is 4.45. The van der Waals surface area contributed by atoms with Crippen LogP contribution in [0.4, 0.5) is 0 Å². The van der Waals surface area contributed by atoms with Gasteiger partial charge in [-0.05, 0) is 32.9 Å². The van der Waals surface area contributed by atoms with Crippen LogP contribution in [0.15, 0.2) is 23.8 Å². The number of hydrogen-bond donors (Lipinski definition) is 0. The Morgan fingerprint density at radius 3 is 2.33 bits per heavy atom. The van der Waals surface area contributed by atoms with Crippen LogP contribution >= 0.6 is 22.2 Å². The summed E-state index contributed by atoms with van der Waals surface area (Å²) in [5, 5.41) is 0. The minimum atomic E-state index is -1.90. The minimum absolute atomic E-state index is 0.840. The molecule has 0 amide bonds. The highest BCUT2D eigenvalue weighted by Crippen LogP contribution is 2.20. The molecule has 0 spiro atoms. The number of rotatable bonds is 4. The van der Waals surface area contributed by atoms with Crippen molar-refractivity contribution in [3.05, 3.63) is 23.8 Å². The molecule has 0 atom stereocenters. The Balaban J connectivity index is 3.65. The van der Waals surface area contributed by atoms with Crippen LogP contribution in [-0.2, 0) is 0 Å². The van der Waals surface area contributed by atoms with Crippen LogP contribution < -0.4 is 0 Å². The molecule has 0 aliphatic carbocycles. The maximum absolute atomic E-state index is 5.92. The molecule has 0 saturated carbocycles. The molecule has 0 bridgehead atoms. The number of hydrogen-bond acceptors (Lipinski definition) is 0. The molecular weight excluding hydrogens is 207 g/mol. The van der Waals surface area contributed by atoms with Crippen molar-refractivity contribution in [1.29, 1.82) is 0 Å². The molecule has 0 aliphatic rings. The van der Waals surface area contributed by atoms with Gasteiger partial charge in [-0.25, -0.2) is 0 Å². The summed E-state index contributed by atoms with van der Waals surface area (Å²) in [6, 6.07) is 0.840. The summed E-state index contributed by atoms with van der Waals surface area (Å²) < 4.78 is 0. The molecule has 0 N–H and O–H groups in total. The number of halogens is 2. The first-order valence-electron chi connectivity index (χ1n) is 4.10. The molecule has 0 aliphatic heterocycles. The van der Waals surface area contributed by atoms with Crippen molar-refractivity contribution in [3.63, 3.8) is 0 Å². The first-order valence-corrected chi connectivity index (χ1v) is 8.83. The SMILES string of the molecule is C/C=C(\C)C/C=C\C[Si](C)(Cl)Cl. The first kappa shape index (κ1) is 12.3. The second kappa shape index (κ2) is 5.84. The van der Waals surface area contributed by atoms with Gasteiger partial charge in [-0.2, -0.15) is 0 Å². The zero-order valence-corrected chi connectivity index (χ0v) is 10.4.